The molecule has 0 amide bonds. The van der Waals surface area contributed by atoms with E-state index >= 15 is 0 Å². The van der Waals surface area contributed by atoms with Crippen molar-refractivity contribution in [1.29, 1.82) is 0 Å². The zero-order valence-electron chi connectivity index (χ0n) is 12.5. The lowest BCUT2D eigenvalue weighted by Gasteiger charge is -2.07. The topological polar surface area (TPSA) is 52.8 Å². The molecule has 0 fully saturated rings. The van der Waals surface area contributed by atoms with Crippen LogP contribution in [0.1, 0.15) is 0 Å². The van der Waals surface area contributed by atoms with Crippen molar-refractivity contribution >= 4 is 11.0 Å². The van der Waals surface area contributed by atoms with Gasteiger partial charge in [0.1, 0.15) is 18.4 Å². The van der Waals surface area contributed by atoms with E-state index in [1.165, 1.54) is 6.33 Å². The summed E-state index contributed by atoms with van der Waals surface area (Å²) >= 11 is 0. The fourth-order valence-electron chi connectivity index (χ4n) is 2.58. The number of benzene rings is 2. The number of methoxy groups -OCH3 is 1. The number of hydrogen-bond acceptors (Lipinski definition) is 4. The minimum atomic E-state index is 0.834. The van der Waals surface area contributed by atoms with Crippen molar-refractivity contribution in [3.63, 3.8) is 0 Å². The van der Waals surface area contributed by atoms with Crippen LogP contribution in [0.3, 0.4) is 0 Å². The first-order chi connectivity index (χ1) is 11.3. The second-order valence-corrected chi connectivity index (χ2v) is 5.14. The Labute approximate surface area is 133 Å². The molecule has 0 aliphatic heterocycles. The Morgan fingerprint density at radius 2 is 1.70 bits per heavy atom. The molecule has 0 aliphatic carbocycles. The van der Waals surface area contributed by atoms with E-state index in [0.717, 1.165) is 33.6 Å². The predicted molar refractivity (Wildman–Crippen MR) is 88.6 cm³/mol. The maximum atomic E-state index is 5.21. The van der Waals surface area contributed by atoms with Gasteiger partial charge in [0, 0.05) is 23.6 Å². The first-order valence-electron chi connectivity index (χ1n) is 7.22. The van der Waals surface area contributed by atoms with Crippen molar-refractivity contribution in [2.75, 3.05) is 7.11 Å². The Hall–Kier alpha value is -3.21. The molecule has 0 aliphatic rings. The number of rotatable bonds is 3. The number of nitrogens with zero attached hydrogens (tertiary/aromatic N) is 4. The summed E-state index contributed by atoms with van der Waals surface area (Å²) in [6, 6.07) is 14.1. The van der Waals surface area contributed by atoms with Crippen LogP contribution >= 0.6 is 0 Å². The number of fused-ring (bicyclic) bond motifs is 1. The summed E-state index contributed by atoms with van der Waals surface area (Å²) in [5.74, 6) is 0.834. The van der Waals surface area contributed by atoms with Crippen LogP contribution in [0, 0.1) is 0 Å². The molecule has 0 N–H and O–H groups in total. The third-order valence-electron chi connectivity index (χ3n) is 3.79. The molecule has 2 aromatic carbocycles. The van der Waals surface area contributed by atoms with Gasteiger partial charge < -0.3 is 4.74 Å². The highest BCUT2D eigenvalue weighted by Gasteiger charge is 2.07. The van der Waals surface area contributed by atoms with Crippen LogP contribution in [0.2, 0.25) is 0 Å². The molecule has 0 bridgehead atoms. The van der Waals surface area contributed by atoms with Crippen molar-refractivity contribution < 1.29 is 4.74 Å². The maximum Gasteiger partial charge on any atom is 0.119 e. The van der Waals surface area contributed by atoms with Gasteiger partial charge in [0.05, 0.1) is 18.1 Å². The van der Waals surface area contributed by atoms with Crippen LogP contribution in [-0.4, -0.2) is 26.6 Å². The number of aromatic nitrogens is 4. The fraction of sp³-hybridized carbons (Fsp3) is 0.0556. The molecule has 112 valence electrons. The minimum Gasteiger partial charge on any atom is -0.497 e. The predicted octanol–water partition coefficient (Wildman–Crippen LogP) is 3.49. The number of ether oxygens (including phenoxy) is 1. The third-order valence-corrected chi connectivity index (χ3v) is 3.79. The summed E-state index contributed by atoms with van der Waals surface area (Å²) in [5, 5.41) is 0. The fourth-order valence-corrected chi connectivity index (χ4v) is 2.58. The first kappa shape index (κ1) is 13.5. The lowest BCUT2D eigenvalue weighted by atomic mass is 10.1. The van der Waals surface area contributed by atoms with Crippen LogP contribution in [-0.2, 0) is 0 Å². The van der Waals surface area contributed by atoms with E-state index in [0.29, 0.717) is 0 Å². The Balaban J connectivity index is 1.84. The van der Waals surface area contributed by atoms with E-state index in [1.54, 1.807) is 7.11 Å². The molecular formula is C18H14N4O. The van der Waals surface area contributed by atoms with Crippen LogP contribution in [0.4, 0.5) is 0 Å². The molecule has 4 rings (SSSR count). The minimum absolute atomic E-state index is 0.834. The Bertz CT molecular complexity index is 946. The molecule has 23 heavy (non-hydrogen) atoms. The summed E-state index contributed by atoms with van der Waals surface area (Å²) in [6.07, 6.45) is 6.98. The molecule has 0 unspecified atom stereocenters. The van der Waals surface area contributed by atoms with E-state index in [-0.39, 0.29) is 0 Å². The summed E-state index contributed by atoms with van der Waals surface area (Å²) in [5.41, 5.74) is 5.07. The Morgan fingerprint density at radius 1 is 0.913 bits per heavy atom. The van der Waals surface area contributed by atoms with Crippen molar-refractivity contribution in [3.05, 3.63) is 67.5 Å². The van der Waals surface area contributed by atoms with E-state index < -0.39 is 0 Å². The highest BCUT2D eigenvalue weighted by Crippen LogP contribution is 2.25. The molecule has 0 saturated carbocycles. The highest BCUT2D eigenvalue weighted by molar-refractivity contribution is 5.83. The number of hydrogen-bond donors (Lipinski definition) is 0. The van der Waals surface area contributed by atoms with Gasteiger partial charge in [-0.3, -0.25) is 4.57 Å². The highest BCUT2D eigenvalue weighted by atomic mass is 16.5. The molecule has 4 aromatic rings. The zero-order chi connectivity index (χ0) is 15.6. The summed E-state index contributed by atoms with van der Waals surface area (Å²) in [7, 11) is 1.66. The lowest BCUT2D eigenvalue weighted by molar-refractivity contribution is 0.415. The molecule has 0 atom stereocenters. The van der Waals surface area contributed by atoms with Crippen molar-refractivity contribution in [2.45, 2.75) is 0 Å². The molecule has 0 radical (unpaired) electrons. The summed E-state index contributed by atoms with van der Waals surface area (Å²) in [4.78, 5) is 12.6. The van der Waals surface area contributed by atoms with Gasteiger partial charge >= 0.3 is 0 Å². The van der Waals surface area contributed by atoms with Crippen molar-refractivity contribution in [3.8, 4) is 22.6 Å². The second kappa shape index (κ2) is 5.53. The van der Waals surface area contributed by atoms with Crippen LogP contribution in [0.15, 0.2) is 67.5 Å². The van der Waals surface area contributed by atoms with E-state index in [1.807, 2.05) is 55.1 Å². The van der Waals surface area contributed by atoms with Crippen molar-refractivity contribution in [1.82, 2.24) is 19.5 Å². The Kier molecular flexibility index (Phi) is 3.24. The molecule has 0 spiro atoms. The lowest BCUT2D eigenvalue weighted by Crippen LogP contribution is -1.92. The Morgan fingerprint density at radius 3 is 2.43 bits per heavy atom. The monoisotopic (exact) mass is 302 g/mol. The molecule has 2 heterocycles. The summed E-state index contributed by atoms with van der Waals surface area (Å²) in [6.45, 7) is 0. The standard InChI is InChI=1S/C18H14N4O/c1-23-16-5-3-15(4-6-16)22-12-21-17-7-2-13(8-18(17)22)14-9-19-11-20-10-14/h2-12H,1H3. The van der Waals surface area contributed by atoms with Gasteiger partial charge in [0.15, 0.2) is 0 Å². The van der Waals surface area contributed by atoms with Gasteiger partial charge in [-0.1, -0.05) is 6.07 Å². The second-order valence-electron chi connectivity index (χ2n) is 5.14. The van der Waals surface area contributed by atoms with Gasteiger partial charge in [-0.15, -0.1) is 0 Å². The average Bonchev–Trinajstić information content (AvgIpc) is 3.05. The largest absolute Gasteiger partial charge is 0.497 e. The van der Waals surface area contributed by atoms with Gasteiger partial charge in [-0.25, -0.2) is 15.0 Å². The SMILES string of the molecule is COc1ccc(-n2cnc3ccc(-c4cncnc4)cc32)cc1. The molecule has 2 aromatic heterocycles. The van der Waals surface area contributed by atoms with E-state index in [4.69, 9.17) is 4.74 Å². The maximum absolute atomic E-state index is 5.21. The molecule has 5 heteroatoms. The molecule has 0 saturated heterocycles. The van der Waals surface area contributed by atoms with Crippen LogP contribution in [0.25, 0.3) is 27.8 Å². The van der Waals surface area contributed by atoms with Gasteiger partial charge in [0.25, 0.3) is 0 Å². The normalized spacial score (nSPS) is 10.8. The zero-order valence-corrected chi connectivity index (χ0v) is 12.5. The van der Waals surface area contributed by atoms with Crippen molar-refractivity contribution in [2.24, 2.45) is 0 Å². The molecular weight excluding hydrogens is 288 g/mol. The molecule has 5 nitrogen and oxygen atoms in total. The third kappa shape index (κ3) is 2.42. The van der Waals surface area contributed by atoms with Gasteiger partial charge in [-0.05, 0) is 42.0 Å². The van der Waals surface area contributed by atoms with E-state index in [2.05, 4.69) is 25.6 Å². The first-order valence-corrected chi connectivity index (χ1v) is 7.22. The van der Waals surface area contributed by atoms with Gasteiger partial charge in [-0.2, -0.15) is 0 Å². The van der Waals surface area contributed by atoms with Gasteiger partial charge in [0.2, 0.25) is 0 Å². The number of imidazole rings is 1. The quantitative estimate of drug-likeness (QED) is 0.581. The van der Waals surface area contributed by atoms with Crippen LogP contribution in [0.5, 0.6) is 5.75 Å². The van der Waals surface area contributed by atoms with E-state index in [9.17, 15) is 0 Å². The smallest absolute Gasteiger partial charge is 0.119 e. The van der Waals surface area contributed by atoms with Crippen LogP contribution < -0.4 is 4.74 Å². The summed E-state index contributed by atoms with van der Waals surface area (Å²) < 4.78 is 7.27. The average molecular weight is 302 g/mol.